The Morgan fingerprint density at radius 2 is 2.38 bits per heavy atom. The molecule has 1 fully saturated rings. The maximum atomic E-state index is 5.53. The van der Waals surface area contributed by atoms with Gasteiger partial charge < -0.3 is 9.73 Å². The molecule has 2 rings (SSSR count). The fourth-order valence-electron chi connectivity index (χ4n) is 2.13. The van der Waals surface area contributed by atoms with E-state index in [4.69, 9.17) is 4.42 Å². The third-order valence-electron chi connectivity index (χ3n) is 3.11. The van der Waals surface area contributed by atoms with Crippen LogP contribution in [0, 0.1) is 6.92 Å². The molecule has 1 aromatic rings. The number of aromatic nitrogens is 1. The highest BCUT2D eigenvalue weighted by atomic mass is 16.4. The summed E-state index contributed by atoms with van der Waals surface area (Å²) in [5.41, 5.74) is 0.175. The van der Waals surface area contributed by atoms with Crippen LogP contribution in [0.2, 0.25) is 0 Å². The summed E-state index contributed by atoms with van der Waals surface area (Å²) in [7, 11) is 0. The summed E-state index contributed by atoms with van der Waals surface area (Å²) in [6.45, 7) is 11.5. The molecule has 0 saturated carbocycles. The van der Waals surface area contributed by atoms with Crippen LogP contribution in [0.15, 0.2) is 10.6 Å². The number of oxazole rings is 1. The molecule has 4 nitrogen and oxygen atoms in total. The maximum Gasteiger partial charge on any atom is 0.208 e. The molecule has 90 valence electrons. The highest BCUT2D eigenvalue weighted by Gasteiger charge is 2.30. The van der Waals surface area contributed by atoms with E-state index < -0.39 is 0 Å². The average Bonchev–Trinajstić information content (AvgIpc) is 2.58. The lowest BCUT2D eigenvalue weighted by Crippen LogP contribution is -2.60. The Hall–Kier alpha value is -0.870. The fourth-order valence-corrected chi connectivity index (χ4v) is 2.13. The summed E-state index contributed by atoms with van der Waals surface area (Å²) in [6, 6.07) is 0.528. The quantitative estimate of drug-likeness (QED) is 0.826. The van der Waals surface area contributed by atoms with E-state index in [2.05, 4.69) is 36.0 Å². The molecule has 1 N–H and O–H groups in total. The number of aryl methyl sites for hydroxylation is 1. The zero-order valence-electron chi connectivity index (χ0n) is 10.6. The lowest BCUT2D eigenvalue weighted by molar-refractivity contribution is 0.0888. The number of piperazine rings is 1. The third-order valence-corrected chi connectivity index (χ3v) is 3.11. The second-order valence-electron chi connectivity index (χ2n) is 5.38. The van der Waals surface area contributed by atoms with E-state index >= 15 is 0 Å². The van der Waals surface area contributed by atoms with Gasteiger partial charge in [0.05, 0.1) is 12.7 Å². The molecule has 1 saturated heterocycles. The highest BCUT2D eigenvalue weighted by molar-refractivity contribution is 4.95. The summed E-state index contributed by atoms with van der Waals surface area (Å²) in [5, 5.41) is 3.54. The van der Waals surface area contributed by atoms with E-state index in [0.717, 1.165) is 31.3 Å². The first-order valence-electron chi connectivity index (χ1n) is 5.87. The van der Waals surface area contributed by atoms with Gasteiger partial charge in [0.25, 0.3) is 0 Å². The largest absolute Gasteiger partial charge is 0.445 e. The van der Waals surface area contributed by atoms with Crippen LogP contribution in [0.5, 0.6) is 0 Å². The molecular weight excluding hydrogens is 202 g/mol. The molecule has 0 spiro atoms. The van der Waals surface area contributed by atoms with Gasteiger partial charge in [0.2, 0.25) is 5.89 Å². The third kappa shape index (κ3) is 2.62. The summed E-state index contributed by atoms with van der Waals surface area (Å²) in [5.74, 6) is 1.71. The lowest BCUT2D eigenvalue weighted by atomic mass is 9.99. The normalized spacial score (nSPS) is 25.9. The number of rotatable bonds is 2. The minimum atomic E-state index is 0.175. The Balaban J connectivity index is 2.02. The van der Waals surface area contributed by atoms with Crippen LogP contribution in [-0.4, -0.2) is 34.6 Å². The van der Waals surface area contributed by atoms with Gasteiger partial charge in [-0.25, -0.2) is 4.98 Å². The topological polar surface area (TPSA) is 41.3 Å². The van der Waals surface area contributed by atoms with Crippen LogP contribution in [0.25, 0.3) is 0 Å². The van der Waals surface area contributed by atoms with E-state index in [1.165, 1.54) is 0 Å². The molecule has 0 amide bonds. The molecule has 4 heteroatoms. The van der Waals surface area contributed by atoms with E-state index in [1.54, 1.807) is 6.20 Å². The van der Waals surface area contributed by atoms with Gasteiger partial charge in [-0.15, -0.1) is 0 Å². The van der Waals surface area contributed by atoms with Gasteiger partial charge in [0.1, 0.15) is 5.76 Å². The summed E-state index contributed by atoms with van der Waals surface area (Å²) in [4.78, 5) is 6.68. The van der Waals surface area contributed by atoms with Crippen LogP contribution in [0.4, 0.5) is 0 Å². The molecule has 1 atom stereocenters. The Labute approximate surface area is 97.0 Å². The minimum Gasteiger partial charge on any atom is -0.445 e. The molecule has 1 unspecified atom stereocenters. The standard InChI is InChI=1S/C12H21N3O/c1-9-5-14-12(3,4)8-15(9)7-11-13-6-10(2)16-11/h6,9,14H,5,7-8H2,1-4H3. The first-order valence-corrected chi connectivity index (χ1v) is 5.87. The molecule has 0 aromatic carbocycles. The smallest absolute Gasteiger partial charge is 0.208 e. The van der Waals surface area contributed by atoms with Crippen LogP contribution in [0.3, 0.4) is 0 Å². The van der Waals surface area contributed by atoms with E-state index in [0.29, 0.717) is 6.04 Å². The Morgan fingerprint density at radius 1 is 1.62 bits per heavy atom. The van der Waals surface area contributed by atoms with Crippen molar-refractivity contribution >= 4 is 0 Å². The molecule has 1 aliphatic heterocycles. The highest BCUT2D eigenvalue weighted by Crippen LogP contribution is 2.17. The zero-order chi connectivity index (χ0) is 11.8. The minimum absolute atomic E-state index is 0.175. The van der Waals surface area contributed by atoms with Crippen molar-refractivity contribution in [1.29, 1.82) is 0 Å². The number of hydrogen-bond acceptors (Lipinski definition) is 4. The Bertz CT molecular complexity index is 359. The second kappa shape index (κ2) is 4.18. The van der Waals surface area contributed by atoms with Crippen LogP contribution in [-0.2, 0) is 6.54 Å². The first kappa shape index (κ1) is 11.6. The van der Waals surface area contributed by atoms with Crippen molar-refractivity contribution in [3.8, 4) is 0 Å². The molecular formula is C12H21N3O. The van der Waals surface area contributed by atoms with Crippen molar-refractivity contribution in [1.82, 2.24) is 15.2 Å². The summed E-state index contributed by atoms with van der Waals surface area (Å²) >= 11 is 0. The van der Waals surface area contributed by atoms with Crippen molar-refractivity contribution in [2.75, 3.05) is 13.1 Å². The van der Waals surface area contributed by atoms with E-state index in [-0.39, 0.29) is 5.54 Å². The number of hydrogen-bond donors (Lipinski definition) is 1. The van der Waals surface area contributed by atoms with E-state index in [9.17, 15) is 0 Å². The molecule has 1 aliphatic rings. The molecule has 0 bridgehead atoms. The summed E-state index contributed by atoms with van der Waals surface area (Å²) < 4.78 is 5.53. The molecule has 0 radical (unpaired) electrons. The van der Waals surface area contributed by atoms with Gasteiger partial charge in [-0.3, -0.25) is 4.90 Å². The van der Waals surface area contributed by atoms with Gasteiger partial charge in [0, 0.05) is 24.7 Å². The number of nitrogens with zero attached hydrogens (tertiary/aromatic N) is 2. The SMILES string of the molecule is Cc1cnc(CN2CC(C)(C)NCC2C)o1. The predicted octanol–water partition coefficient (Wildman–Crippen LogP) is 1.56. The van der Waals surface area contributed by atoms with Crippen molar-refractivity contribution in [2.45, 2.75) is 45.8 Å². The molecule has 0 aliphatic carbocycles. The molecule has 2 heterocycles. The van der Waals surface area contributed by atoms with Crippen molar-refractivity contribution < 1.29 is 4.42 Å². The molecule has 1 aromatic heterocycles. The second-order valence-corrected chi connectivity index (χ2v) is 5.38. The lowest BCUT2D eigenvalue weighted by Gasteiger charge is -2.42. The van der Waals surface area contributed by atoms with Gasteiger partial charge in [-0.2, -0.15) is 0 Å². The van der Waals surface area contributed by atoms with Crippen molar-refractivity contribution in [3.63, 3.8) is 0 Å². The Morgan fingerprint density at radius 3 is 3.00 bits per heavy atom. The van der Waals surface area contributed by atoms with Gasteiger partial charge in [0.15, 0.2) is 0 Å². The van der Waals surface area contributed by atoms with Crippen LogP contribution < -0.4 is 5.32 Å². The Kier molecular flexibility index (Phi) is 3.04. The van der Waals surface area contributed by atoms with Crippen LogP contribution >= 0.6 is 0 Å². The maximum absolute atomic E-state index is 5.53. The zero-order valence-corrected chi connectivity index (χ0v) is 10.6. The van der Waals surface area contributed by atoms with Crippen LogP contribution in [0.1, 0.15) is 32.4 Å². The number of nitrogens with one attached hydrogen (secondary N) is 1. The van der Waals surface area contributed by atoms with Crippen molar-refractivity contribution in [3.05, 3.63) is 17.8 Å². The van der Waals surface area contributed by atoms with Gasteiger partial charge >= 0.3 is 0 Å². The average molecular weight is 223 g/mol. The van der Waals surface area contributed by atoms with Crippen molar-refractivity contribution in [2.24, 2.45) is 0 Å². The fraction of sp³-hybridized carbons (Fsp3) is 0.750. The van der Waals surface area contributed by atoms with Gasteiger partial charge in [-0.1, -0.05) is 0 Å². The van der Waals surface area contributed by atoms with E-state index in [1.807, 2.05) is 6.92 Å². The first-order chi connectivity index (χ1) is 7.46. The summed E-state index contributed by atoms with van der Waals surface area (Å²) in [6.07, 6.45) is 1.79. The monoisotopic (exact) mass is 223 g/mol. The predicted molar refractivity (Wildman–Crippen MR) is 63.2 cm³/mol. The van der Waals surface area contributed by atoms with Gasteiger partial charge in [-0.05, 0) is 27.7 Å². The molecule has 16 heavy (non-hydrogen) atoms.